The van der Waals surface area contributed by atoms with Gasteiger partial charge in [0.2, 0.25) is 6.54 Å². The lowest BCUT2D eigenvalue weighted by Crippen LogP contribution is -2.35. The van der Waals surface area contributed by atoms with Gasteiger partial charge in [-0.25, -0.2) is 9.19 Å². The third-order valence-corrected chi connectivity index (χ3v) is 5.54. The zero-order chi connectivity index (χ0) is 15.6. The van der Waals surface area contributed by atoms with Crippen molar-refractivity contribution in [3.8, 4) is 0 Å². The number of thiazole rings is 1. The summed E-state index contributed by atoms with van der Waals surface area (Å²) < 4.78 is 12.0. The topological polar surface area (TPSA) is 99.1 Å². The standard InChI is InChI=1S/C13H17N3O3S2/c1-13(2,21(14)19)6-10(7-16(17)18)9-3-4-12-11(5-9)15-8-20-12/h3-5,8,10H,6-7,14H2,1-2H3. The first kappa shape index (κ1) is 16.0. The van der Waals surface area contributed by atoms with E-state index in [0.29, 0.717) is 6.42 Å². The van der Waals surface area contributed by atoms with E-state index in [1.54, 1.807) is 19.4 Å². The van der Waals surface area contributed by atoms with Crippen molar-refractivity contribution < 1.29 is 9.13 Å². The highest BCUT2D eigenvalue weighted by Crippen LogP contribution is 2.31. The number of aromatic nitrogens is 1. The normalized spacial score (nSPS) is 15.0. The van der Waals surface area contributed by atoms with Gasteiger partial charge in [-0.1, -0.05) is 6.07 Å². The Morgan fingerprint density at radius 2 is 2.24 bits per heavy atom. The molecule has 0 bridgehead atoms. The summed E-state index contributed by atoms with van der Waals surface area (Å²) in [7, 11) is -1.54. The van der Waals surface area contributed by atoms with Gasteiger partial charge in [0.25, 0.3) is 0 Å². The molecule has 1 heterocycles. The van der Waals surface area contributed by atoms with Crippen LogP contribution in [0.4, 0.5) is 0 Å². The van der Waals surface area contributed by atoms with E-state index < -0.39 is 15.7 Å². The third-order valence-electron chi connectivity index (χ3n) is 3.48. The summed E-state index contributed by atoms with van der Waals surface area (Å²) in [5.41, 5.74) is 3.41. The Morgan fingerprint density at radius 1 is 1.52 bits per heavy atom. The second-order valence-electron chi connectivity index (χ2n) is 5.55. The average Bonchev–Trinajstić information content (AvgIpc) is 2.83. The first-order valence-electron chi connectivity index (χ1n) is 6.41. The van der Waals surface area contributed by atoms with Crippen molar-refractivity contribution in [3.05, 3.63) is 39.4 Å². The van der Waals surface area contributed by atoms with Gasteiger partial charge in [-0.05, 0) is 38.0 Å². The number of fused-ring (bicyclic) bond motifs is 1. The number of rotatable bonds is 6. The monoisotopic (exact) mass is 327 g/mol. The molecule has 0 radical (unpaired) electrons. The number of nitro groups is 1. The Hall–Kier alpha value is -1.38. The first-order chi connectivity index (χ1) is 9.79. The van der Waals surface area contributed by atoms with Crippen molar-refractivity contribution in [1.82, 2.24) is 4.98 Å². The fourth-order valence-electron chi connectivity index (χ4n) is 2.27. The molecule has 8 heteroatoms. The molecule has 2 atom stereocenters. The van der Waals surface area contributed by atoms with Crippen LogP contribution in [0.3, 0.4) is 0 Å². The van der Waals surface area contributed by atoms with Crippen LogP contribution in [-0.2, 0) is 11.0 Å². The number of nitrogens with zero attached hydrogens (tertiary/aromatic N) is 2. The lowest BCUT2D eigenvalue weighted by atomic mass is 9.89. The van der Waals surface area contributed by atoms with E-state index >= 15 is 0 Å². The fraction of sp³-hybridized carbons (Fsp3) is 0.462. The van der Waals surface area contributed by atoms with Gasteiger partial charge in [0.15, 0.2) is 0 Å². The maximum Gasteiger partial charge on any atom is 0.210 e. The molecule has 2 N–H and O–H groups in total. The highest BCUT2D eigenvalue weighted by molar-refractivity contribution is 7.84. The summed E-state index contributed by atoms with van der Waals surface area (Å²) in [4.78, 5) is 14.8. The first-order valence-corrected chi connectivity index (χ1v) is 8.50. The zero-order valence-corrected chi connectivity index (χ0v) is 13.4. The lowest BCUT2D eigenvalue weighted by molar-refractivity contribution is -0.483. The van der Waals surface area contributed by atoms with Crippen LogP contribution in [-0.4, -0.2) is 25.4 Å². The van der Waals surface area contributed by atoms with Gasteiger partial charge in [-0.2, -0.15) is 0 Å². The van der Waals surface area contributed by atoms with E-state index in [4.69, 9.17) is 5.14 Å². The van der Waals surface area contributed by atoms with Crippen molar-refractivity contribution in [2.45, 2.75) is 30.9 Å². The molecule has 0 aliphatic rings. The Kier molecular flexibility index (Phi) is 4.70. The van der Waals surface area contributed by atoms with Gasteiger partial charge < -0.3 is 0 Å². The van der Waals surface area contributed by atoms with Gasteiger partial charge in [0, 0.05) is 4.92 Å². The molecule has 0 aliphatic heterocycles. The lowest BCUT2D eigenvalue weighted by Gasteiger charge is -2.25. The highest BCUT2D eigenvalue weighted by Gasteiger charge is 2.31. The molecule has 114 valence electrons. The minimum absolute atomic E-state index is 0.212. The largest absolute Gasteiger partial charge is 0.265 e. The molecule has 0 spiro atoms. The second kappa shape index (κ2) is 6.17. The summed E-state index contributed by atoms with van der Waals surface area (Å²) in [5.74, 6) is -0.339. The van der Waals surface area contributed by atoms with Gasteiger partial charge in [-0.3, -0.25) is 15.3 Å². The van der Waals surface area contributed by atoms with Crippen molar-refractivity contribution in [2.24, 2.45) is 5.14 Å². The number of hydrogen-bond donors (Lipinski definition) is 1. The highest BCUT2D eigenvalue weighted by atomic mass is 32.2. The van der Waals surface area contributed by atoms with Gasteiger partial charge in [-0.15, -0.1) is 11.3 Å². The van der Waals surface area contributed by atoms with Crippen LogP contribution in [0.1, 0.15) is 31.7 Å². The summed E-state index contributed by atoms with van der Waals surface area (Å²) in [5, 5.41) is 16.4. The van der Waals surface area contributed by atoms with Gasteiger partial charge in [0.05, 0.1) is 37.4 Å². The summed E-state index contributed by atoms with van der Waals surface area (Å²) in [6.07, 6.45) is 0.382. The van der Waals surface area contributed by atoms with Crippen molar-refractivity contribution in [1.29, 1.82) is 0 Å². The van der Waals surface area contributed by atoms with E-state index in [9.17, 15) is 14.3 Å². The average molecular weight is 327 g/mol. The van der Waals surface area contributed by atoms with Crippen LogP contribution in [0.5, 0.6) is 0 Å². The predicted octanol–water partition coefficient (Wildman–Crippen LogP) is 2.45. The van der Waals surface area contributed by atoms with E-state index in [0.717, 1.165) is 15.8 Å². The zero-order valence-electron chi connectivity index (χ0n) is 11.8. The predicted molar refractivity (Wildman–Crippen MR) is 85.2 cm³/mol. The maximum absolute atomic E-state index is 11.6. The minimum Gasteiger partial charge on any atom is -0.265 e. The number of nitrogens with two attached hydrogens (primary N) is 1. The molecular formula is C13H17N3O3S2. The number of benzene rings is 1. The summed E-state index contributed by atoms with van der Waals surface area (Å²) >= 11 is 1.53. The van der Waals surface area contributed by atoms with Crippen LogP contribution in [0.2, 0.25) is 0 Å². The SMILES string of the molecule is CC(C)(CC(C[N+](=O)[O-])c1ccc2scnc2c1)S(N)=O. The van der Waals surface area contributed by atoms with Crippen molar-refractivity contribution in [3.63, 3.8) is 0 Å². The molecule has 21 heavy (non-hydrogen) atoms. The molecule has 0 amide bonds. The smallest absolute Gasteiger partial charge is 0.210 e. The van der Waals surface area contributed by atoms with Crippen molar-refractivity contribution in [2.75, 3.05) is 6.54 Å². The molecule has 1 aromatic heterocycles. The number of hydrogen-bond acceptors (Lipinski definition) is 5. The quantitative estimate of drug-likeness (QED) is 0.650. The molecule has 0 saturated heterocycles. The van der Waals surface area contributed by atoms with Crippen LogP contribution in [0.25, 0.3) is 10.2 Å². The molecule has 0 aliphatic carbocycles. The van der Waals surface area contributed by atoms with Gasteiger partial charge >= 0.3 is 0 Å². The molecule has 2 rings (SSSR count). The Balaban J connectivity index is 2.34. The van der Waals surface area contributed by atoms with Gasteiger partial charge in [0.1, 0.15) is 0 Å². The van der Waals surface area contributed by atoms with E-state index in [2.05, 4.69) is 4.98 Å². The van der Waals surface area contributed by atoms with E-state index in [-0.39, 0.29) is 17.4 Å². The molecule has 2 unspecified atom stereocenters. The minimum atomic E-state index is -1.54. The van der Waals surface area contributed by atoms with Crippen LogP contribution < -0.4 is 5.14 Å². The Morgan fingerprint density at radius 3 is 2.86 bits per heavy atom. The summed E-state index contributed by atoms with van der Waals surface area (Å²) in [6.45, 7) is 3.31. The Labute approximate surface area is 129 Å². The van der Waals surface area contributed by atoms with E-state index in [1.165, 1.54) is 11.3 Å². The fourth-order valence-corrected chi connectivity index (χ4v) is 3.30. The molecule has 6 nitrogen and oxygen atoms in total. The van der Waals surface area contributed by atoms with Crippen LogP contribution in [0.15, 0.2) is 23.7 Å². The Bertz CT molecular complexity index is 684. The maximum atomic E-state index is 11.6. The third kappa shape index (κ3) is 3.84. The van der Waals surface area contributed by atoms with E-state index in [1.807, 2.05) is 18.2 Å². The van der Waals surface area contributed by atoms with Crippen molar-refractivity contribution >= 4 is 32.5 Å². The molecule has 1 aromatic carbocycles. The molecule has 0 fully saturated rings. The summed E-state index contributed by atoms with van der Waals surface area (Å²) in [6, 6.07) is 5.67. The van der Waals surface area contributed by atoms with Crippen LogP contribution in [0, 0.1) is 10.1 Å². The molecule has 0 saturated carbocycles. The second-order valence-corrected chi connectivity index (χ2v) is 8.14. The molecular weight excluding hydrogens is 310 g/mol. The molecule has 2 aromatic rings. The van der Waals surface area contributed by atoms with Crippen LogP contribution >= 0.6 is 11.3 Å².